The summed E-state index contributed by atoms with van der Waals surface area (Å²) in [6.07, 6.45) is 0. The van der Waals surface area contributed by atoms with Crippen molar-refractivity contribution in [1.82, 2.24) is 0 Å². The van der Waals surface area contributed by atoms with Gasteiger partial charge in [0.2, 0.25) is 0 Å². The first kappa shape index (κ1) is 12.7. The summed E-state index contributed by atoms with van der Waals surface area (Å²) in [6.45, 7) is 2.05. The lowest BCUT2D eigenvalue weighted by molar-refractivity contribution is 0.0526. The van der Waals surface area contributed by atoms with Gasteiger partial charge in [0.25, 0.3) is 0 Å². The number of hydrogen-bond acceptors (Lipinski definition) is 3. The van der Waals surface area contributed by atoms with Crippen LogP contribution in [-0.2, 0) is 4.74 Å². The molecule has 3 nitrogen and oxygen atoms in total. The van der Waals surface area contributed by atoms with Gasteiger partial charge in [0.1, 0.15) is 6.07 Å². The van der Waals surface area contributed by atoms with Crippen LogP contribution in [0.25, 0.3) is 0 Å². The van der Waals surface area contributed by atoms with E-state index in [0.717, 1.165) is 7.14 Å². The molecule has 1 aromatic carbocycles. The lowest BCUT2D eigenvalue weighted by atomic mass is 10.1. The van der Waals surface area contributed by atoms with Crippen LogP contribution in [0, 0.1) is 18.5 Å². The number of carbonyl (C=O) groups excluding carboxylic acids is 1. The molecule has 0 bridgehead atoms. The molecule has 15 heavy (non-hydrogen) atoms. The number of esters is 1. The van der Waals surface area contributed by atoms with Gasteiger partial charge < -0.3 is 4.74 Å². The van der Waals surface area contributed by atoms with E-state index in [4.69, 9.17) is 10.00 Å². The average Bonchev–Trinajstić information content (AvgIpc) is 2.17. The van der Waals surface area contributed by atoms with Gasteiger partial charge in [0.05, 0.1) is 17.7 Å². The van der Waals surface area contributed by atoms with Gasteiger partial charge in [-0.3, -0.25) is 0 Å². The number of hydrogen-bond donors (Lipinski definition) is 0. The Kier molecular flexibility index (Phi) is 4.79. The molecule has 0 N–H and O–H groups in total. The molecule has 1 rings (SSSR count). The lowest BCUT2D eigenvalue weighted by Gasteiger charge is -2.06. The van der Waals surface area contributed by atoms with E-state index in [1.807, 2.05) is 34.7 Å². The highest BCUT2D eigenvalue weighted by atomic mass is 127. The maximum Gasteiger partial charge on any atom is 0.339 e. The standard InChI is InChI=1S/C10H7I2NO2/c1-2-15-10(14)7-3-6(11)4-9(12)8(7)5-13/h3-4H,2H2,1H3. The minimum absolute atomic E-state index is 0.311. The monoisotopic (exact) mass is 427 g/mol. The number of ether oxygens (including phenoxy) is 1. The van der Waals surface area contributed by atoms with E-state index in [0.29, 0.717) is 17.7 Å². The second-order valence-corrected chi connectivity index (χ2v) is 5.05. The summed E-state index contributed by atoms with van der Waals surface area (Å²) in [5.74, 6) is -0.439. The zero-order valence-corrected chi connectivity index (χ0v) is 12.2. The summed E-state index contributed by atoms with van der Waals surface area (Å²) in [6, 6.07) is 5.53. The van der Waals surface area contributed by atoms with Crippen LogP contribution in [0.1, 0.15) is 22.8 Å². The largest absolute Gasteiger partial charge is 0.462 e. The molecule has 0 amide bonds. The molecule has 1 aromatic rings. The van der Waals surface area contributed by atoms with Crippen LogP contribution in [0.4, 0.5) is 0 Å². The second-order valence-electron chi connectivity index (χ2n) is 2.64. The predicted molar refractivity (Wildman–Crippen MR) is 72.5 cm³/mol. The third-order valence-electron chi connectivity index (χ3n) is 1.66. The zero-order chi connectivity index (χ0) is 11.4. The molecule has 0 fully saturated rings. The Morgan fingerprint density at radius 3 is 2.73 bits per heavy atom. The summed E-state index contributed by atoms with van der Waals surface area (Å²) in [5.41, 5.74) is 0.727. The minimum Gasteiger partial charge on any atom is -0.462 e. The van der Waals surface area contributed by atoms with Crippen LogP contribution in [0.5, 0.6) is 0 Å². The average molecular weight is 427 g/mol. The van der Waals surface area contributed by atoms with E-state index in [1.54, 1.807) is 13.0 Å². The lowest BCUT2D eigenvalue weighted by Crippen LogP contribution is -2.08. The van der Waals surface area contributed by atoms with Crippen molar-refractivity contribution in [3.63, 3.8) is 0 Å². The van der Waals surface area contributed by atoms with Crippen molar-refractivity contribution in [2.24, 2.45) is 0 Å². The Bertz CT molecular complexity index is 438. The molecule has 0 radical (unpaired) electrons. The maximum absolute atomic E-state index is 11.5. The fourth-order valence-electron chi connectivity index (χ4n) is 1.06. The van der Waals surface area contributed by atoms with Gasteiger partial charge in [0.15, 0.2) is 0 Å². The van der Waals surface area contributed by atoms with Crippen LogP contribution >= 0.6 is 45.2 Å². The molecule has 5 heteroatoms. The maximum atomic E-state index is 11.5. The summed E-state index contributed by atoms with van der Waals surface area (Å²) in [7, 11) is 0. The van der Waals surface area contributed by atoms with Crippen LogP contribution < -0.4 is 0 Å². The fourth-order valence-corrected chi connectivity index (χ4v) is 3.02. The van der Waals surface area contributed by atoms with E-state index in [1.165, 1.54) is 0 Å². The highest BCUT2D eigenvalue weighted by Gasteiger charge is 2.15. The molecule has 0 saturated heterocycles. The van der Waals surface area contributed by atoms with Crippen molar-refractivity contribution in [3.05, 3.63) is 30.4 Å². The fraction of sp³-hybridized carbons (Fsp3) is 0.200. The predicted octanol–water partition coefficient (Wildman–Crippen LogP) is 2.94. The van der Waals surface area contributed by atoms with Crippen LogP contribution in [-0.4, -0.2) is 12.6 Å². The number of benzene rings is 1. The van der Waals surface area contributed by atoms with Gasteiger partial charge in [-0.2, -0.15) is 5.26 Å². The Morgan fingerprint density at radius 2 is 2.20 bits per heavy atom. The quantitative estimate of drug-likeness (QED) is 0.539. The van der Waals surface area contributed by atoms with Crippen molar-refractivity contribution in [2.45, 2.75) is 6.92 Å². The van der Waals surface area contributed by atoms with Crippen molar-refractivity contribution in [1.29, 1.82) is 5.26 Å². The molecular weight excluding hydrogens is 420 g/mol. The molecule has 0 heterocycles. The van der Waals surface area contributed by atoms with Crippen molar-refractivity contribution in [3.8, 4) is 6.07 Å². The van der Waals surface area contributed by atoms with Crippen LogP contribution in [0.15, 0.2) is 12.1 Å². The highest BCUT2D eigenvalue weighted by Crippen LogP contribution is 2.21. The van der Waals surface area contributed by atoms with E-state index in [2.05, 4.69) is 22.6 Å². The normalized spacial score (nSPS) is 9.47. The SMILES string of the molecule is CCOC(=O)c1cc(I)cc(I)c1C#N. The van der Waals surface area contributed by atoms with Crippen molar-refractivity contribution >= 4 is 51.2 Å². The number of nitrogens with zero attached hydrogens (tertiary/aromatic N) is 1. The van der Waals surface area contributed by atoms with Gasteiger partial charge >= 0.3 is 5.97 Å². The van der Waals surface area contributed by atoms with Gasteiger partial charge in [-0.05, 0) is 64.2 Å². The Labute approximate surface area is 115 Å². The molecule has 0 atom stereocenters. The van der Waals surface area contributed by atoms with Crippen molar-refractivity contribution < 1.29 is 9.53 Å². The molecule has 0 spiro atoms. The minimum atomic E-state index is -0.439. The van der Waals surface area contributed by atoms with Gasteiger partial charge in [-0.15, -0.1) is 0 Å². The molecule has 0 aromatic heterocycles. The first-order valence-corrected chi connectivity index (χ1v) is 6.32. The third-order valence-corrected chi connectivity index (χ3v) is 3.14. The first-order chi connectivity index (χ1) is 7.10. The molecule has 0 aliphatic rings. The van der Waals surface area contributed by atoms with Gasteiger partial charge in [-0.1, -0.05) is 0 Å². The smallest absolute Gasteiger partial charge is 0.339 e. The van der Waals surface area contributed by atoms with Gasteiger partial charge in [0, 0.05) is 7.14 Å². The third kappa shape index (κ3) is 3.04. The summed E-state index contributed by atoms with van der Waals surface area (Å²) in [5, 5.41) is 8.94. The van der Waals surface area contributed by atoms with Crippen molar-refractivity contribution in [2.75, 3.05) is 6.61 Å². The zero-order valence-electron chi connectivity index (χ0n) is 7.88. The Hall–Kier alpha value is -0.360. The van der Waals surface area contributed by atoms with E-state index in [-0.39, 0.29) is 0 Å². The number of carbonyl (C=O) groups is 1. The van der Waals surface area contributed by atoms with E-state index in [9.17, 15) is 4.79 Å². The molecule has 78 valence electrons. The Balaban J connectivity index is 3.28. The number of halogens is 2. The first-order valence-electron chi connectivity index (χ1n) is 4.16. The van der Waals surface area contributed by atoms with Crippen LogP contribution in [0.3, 0.4) is 0 Å². The highest BCUT2D eigenvalue weighted by molar-refractivity contribution is 14.1. The van der Waals surface area contributed by atoms with E-state index >= 15 is 0 Å². The molecule has 0 aliphatic heterocycles. The Morgan fingerprint density at radius 1 is 1.53 bits per heavy atom. The second kappa shape index (κ2) is 5.65. The summed E-state index contributed by atoms with van der Waals surface area (Å²) < 4.78 is 6.57. The molecule has 0 saturated carbocycles. The summed E-state index contributed by atoms with van der Waals surface area (Å²) in [4.78, 5) is 11.5. The van der Waals surface area contributed by atoms with E-state index < -0.39 is 5.97 Å². The van der Waals surface area contributed by atoms with Crippen LogP contribution in [0.2, 0.25) is 0 Å². The molecule has 0 unspecified atom stereocenters. The molecular formula is C10H7I2NO2. The molecule has 0 aliphatic carbocycles. The number of nitriles is 1. The number of rotatable bonds is 2. The van der Waals surface area contributed by atoms with Gasteiger partial charge in [-0.25, -0.2) is 4.79 Å². The topological polar surface area (TPSA) is 50.1 Å². The summed E-state index contributed by atoms with van der Waals surface area (Å²) >= 11 is 4.14.